The van der Waals surface area contributed by atoms with Crippen LogP contribution in [0.4, 0.5) is 5.69 Å². The molecular weight excluding hydrogens is 236 g/mol. The first kappa shape index (κ1) is 11.9. The van der Waals surface area contributed by atoms with Gasteiger partial charge < -0.3 is 16.2 Å². The highest BCUT2D eigenvalue weighted by molar-refractivity contribution is 7.21. The first-order valence-electron chi connectivity index (χ1n) is 5.31. The Bertz CT molecular complexity index is 563. The number of aliphatic hydroxyl groups excluding tert-OH is 1. The summed E-state index contributed by atoms with van der Waals surface area (Å²) < 4.78 is 1.01. The van der Waals surface area contributed by atoms with Crippen LogP contribution in [0.25, 0.3) is 10.1 Å². The molecule has 2 rings (SSSR count). The number of aliphatic hydroxyl groups is 1. The maximum Gasteiger partial charge on any atom is 0.263 e. The molecular formula is C12H14N2O2S. The summed E-state index contributed by atoms with van der Waals surface area (Å²) in [6.45, 7) is 2.17. The van der Waals surface area contributed by atoms with Gasteiger partial charge in [0, 0.05) is 16.6 Å². The lowest BCUT2D eigenvalue weighted by Crippen LogP contribution is -2.26. The zero-order valence-corrected chi connectivity index (χ0v) is 10.3. The zero-order valence-electron chi connectivity index (χ0n) is 9.49. The van der Waals surface area contributed by atoms with E-state index in [0.717, 1.165) is 15.6 Å². The number of fused-ring (bicyclic) bond motifs is 1. The Hall–Kier alpha value is -1.59. The van der Waals surface area contributed by atoms with E-state index < -0.39 is 0 Å². The molecule has 0 fully saturated rings. The lowest BCUT2D eigenvalue weighted by atomic mass is 10.1. The van der Waals surface area contributed by atoms with Gasteiger partial charge in [0.25, 0.3) is 5.91 Å². The van der Waals surface area contributed by atoms with Gasteiger partial charge in [-0.3, -0.25) is 4.79 Å². The second-order valence-electron chi connectivity index (χ2n) is 3.82. The van der Waals surface area contributed by atoms with Crippen molar-refractivity contribution < 1.29 is 9.90 Å². The number of nitrogens with two attached hydrogens (primary N) is 1. The highest BCUT2D eigenvalue weighted by Crippen LogP contribution is 2.33. The average Bonchev–Trinajstić information content (AvgIpc) is 2.63. The fourth-order valence-corrected chi connectivity index (χ4v) is 2.78. The predicted molar refractivity (Wildman–Crippen MR) is 70.4 cm³/mol. The molecule has 90 valence electrons. The van der Waals surface area contributed by atoms with Crippen molar-refractivity contribution >= 4 is 33.0 Å². The number of carbonyl (C=O) groups excluding carboxylic acids is 1. The van der Waals surface area contributed by atoms with Gasteiger partial charge in [-0.2, -0.15) is 0 Å². The summed E-state index contributed by atoms with van der Waals surface area (Å²) in [7, 11) is 0. The maximum absolute atomic E-state index is 11.8. The lowest BCUT2D eigenvalue weighted by Gasteiger charge is -2.01. The summed E-state index contributed by atoms with van der Waals surface area (Å²) in [4.78, 5) is 12.3. The zero-order chi connectivity index (χ0) is 12.4. The monoisotopic (exact) mass is 250 g/mol. The van der Waals surface area contributed by atoms with E-state index in [9.17, 15) is 4.79 Å². The summed E-state index contributed by atoms with van der Waals surface area (Å²) in [5.74, 6) is -0.226. The predicted octanol–water partition coefficient (Wildman–Crippen LogP) is 1.51. The highest BCUT2D eigenvalue weighted by Gasteiger charge is 2.15. The second-order valence-corrected chi connectivity index (χ2v) is 4.88. The number of rotatable bonds is 3. The Morgan fingerprint density at radius 2 is 2.29 bits per heavy atom. The molecule has 4 nitrogen and oxygen atoms in total. The maximum atomic E-state index is 11.8. The van der Waals surface area contributed by atoms with E-state index in [0.29, 0.717) is 10.6 Å². The van der Waals surface area contributed by atoms with Crippen molar-refractivity contribution in [2.45, 2.75) is 6.92 Å². The largest absolute Gasteiger partial charge is 0.397 e. The minimum Gasteiger partial charge on any atom is -0.397 e. The van der Waals surface area contributed by atoms with Crippen LogP contribution in [0.3, 0.4) is 0 Å². The third-order valence-electron chi connectivity index (χ3n) is 2.49. The highest BCUT2D eigenvalue weighted by atomic mass is 32.1. The number of thiophene rings is 1. The molecule has 1 aromatic carbocycles. The van der Waals surface area contributed by atoms with Crippen molar-refractivity contribution in [1.29, 1.82) is 0 Å². The lowest BCUT2D eigenvalue weighted by molar-refractivity contribution is 0.0949. The first-order chi connectivity index (χ1) is 8.13. The van der Waals surface area contributed by atoms with E-state index >= 15 is 0 Å². The molecule has 0 aliphatic heterocycles. The Labute approximate surface area is 103 Å². The number of amides is 1. The third kappa shape index (κ3) is 2.25. The van der Waals surface area contributed by atoms with Gasteiger partial charge in [-0.25, -0.2) is 0 Å². The molecule has 0 saturated carbocycles. The molecule has 4 N–H and O–H groups in total. The SMILES string of the molecule is Cc1ccc2c(N)c(C(=O)NCCO)sc2c1. The number of nitrogens with one attached hydrogen (secondary N) is 1. The van der Waals surface area contributed by atoms with Gasteiger partial charge in [-0.05, 0) is 18.6 Å². The summed E-state index contributed by atoms with van der Waals surface area (Å²) >= 11 is 1.38. The molecule has 2 aromatic rings. The van der Waals surface area contributed by atoms with Gasteiger partial charge in [0.15, 0.2) is 0 Å². The molecule has 0 radical (unpaired) electrons. The minimum absolute atomic E-state index is 0.0738. The normalized spacial score (nSPS) is 10.7. The number of nitrogen functional groups attached to an aromatic ring is 1. The Morgan fingerprint density at radius 3 is 3.00 bits per heavy atom. The molecule has 17 heavy (non-hydrogen) atoms. The van der Waals surface area contributed by atoms with Crippen LogP contribution in [0.15, 0.2) is 18.2 Å². The molecule has 0 saturated heterocycles. The molecule has 1 amide bonds. The smallest absolute Gasteiger partial charge is 0.263 e. The molecule has 0 aliphatic rings. The first-order valence-corrected chi connectivity index (χ1v) is 6.13. The van der Waals surface area contributed by atoms with Gasteiger partial charge in [0.05, 0.1) is 12.3 Å². The summed E-state index contributed by atoms with van der Waals surface area (Å²) in [5.41, 5.74) is 7.60. The van der Waals surface area contributed by atoms with Crippen molar-refractivity contribution in [1.82, 2.24) is 5.32 Å². The average molecular weight is 250 g/mol. The van der Waals surface area contributed by atoms with Gasteiger partial charge in [-0.1, -0.05) is 12.1 Å². The van der Waals surface area contributed by atoms with Crippen LogP contribution in [-0.2, 0) is 0 Å². The van der Waals surface area contributed by atoms with E-state index in [1.54, 1.807) is 0 Å². The van der Waals surface area contributed by atoms with Crippen LogP contribution in [0.1, 0.15) is 15.2 Å². The van der Waals surface area contributed by atoms with Crippen molar-refractivity contribution in [3.63, 3.8) is 0 Å². The van der Waals surface area contributed by atoms with Crippen molar-refractivity contribution in [3.8, 4) is 0 Å². The molecule has 0 aliphatic carbocycles. The van der Waals surface area contributed by atoms with Crippen LogP contribution >= 0.6 is 11.3 Å². The number of anilines is 1. The van der Waals surface area contributed by atoms with Gasteiger partial charge in [-0.15, -0.1) is 11.3 Å². The minimum atomic E-state index is -0.226. The molecule has 5 heteroatoms. The van der Waals surface area contributed by atoms with E-state index in [1.807, 2.05) is 25.1 Å². The summed E-state index contributed by atoms with van der Waals surface area (Å²) in [6, 6.07) is 5.92. The third-order valence-corrected chi connectivity index (χ3v) is 3.65. The van der Waals surface area contributed by atoms with Crippen molar-refractivity contribution in [2.75, 3.05) is 18.9 Å². The standard InChI is InChI=1S/C12H14N2O2S/c1-7-2-3-8-9(6-7)17-11(10(8)13)12(16)14-4-5-15/h2-3,6,15H,4-5,13H2,1H3,(H,14,16). The van der Waals surface area contributed by atoms with E-state index in [4.69, 9.17) is 10.8 Å². The summed E-state index contributed by atoms with van der Waals surface area (Å²) in [6.07, 6.45) is 0. The molecule has 1 aromatic heterocycles. The van der Waals surface area contributed by atoms with Crippen LogP contribution < -0.4 is 11.1 Å². The van der Waals surface area contributed by atoms with Gasteiger partial charge in [0.1, 0.15) is 4.88 Å². The Morgan fingerprint density at radius 1 is 1.53 bits per heavy atom. The molecule has 0 unspecified atom stereocenters. The van der Waals surface area contributed by atoms with Crippen LogP contribution in [0.5, 0.6) is 0 Å². The second kappa shape index (κ2) is 4.73. The van der Waals surface area contributed by atoms with E-state index in [-0.39, 0.29) is 19.1 Å². The molecule has 1 heterocycles. The fourth-order valence-electron chi connectivity index (χ4n) is 1.64. The van der Waals surface area contributed by atoms with E-state index in [1.165, 1.54) is 11.3 Å². The number of aryl methyl sites for hydroxylation is 1. The van der Waals surface area contributed by atoms with Crippen LogP contribution in [-0.4, -0.2) is 24.2 Å². The van der Waals surface area contributed by atoms with Gasteiger partial charge >= 0.3 is 0 Å². The van der Waals surface area contributed by atoms with E-state index in [2.05, 4.69) is 5.32 Å². The topological polar surface area (TPSA) is 75.4 Å². The summed E-state index contributed by atoms with van der Waals surface area (Å²) in [5, 5.41) is 12.2. The van der Waals surface area contributed by atoms with Crippen LogP contribution in [0.2, 0.25) is 0 Å². The van der Waals surface area contributed by atoms with Crippen LogP contribution in [0, 0.1) is 6.92 Å². The fraction of sp³-hybridized carbons (Fsp3) is 0.250. The van der Waals surface area contributed by atoms with Crippen molar-refractivity contribution in [2.24, 2.45) is 0 Å². The number of hydrogen-bond donors (Lipinski definition) is 3. The molecule has 0 bridgehead atoms. The number of benzene rings is 1. The number of hydrogen-bond acceptors (Lipinski definition) is 4. The Balaban J connectivity index is 2.41. The quantitative estimate of drug-likeness (QED) is 0.773. The Kier molecular flexibility index (Phi) is 3.31. The van der Waals surface area contributed by atoms with Crippen molar-refractivity contribution in [3.05, 3.63) is 28.6 Å². The van der Waals surface area contributed by atoms with Gasteiger partial charge in [0.2, 0.25) is 0 Å². The molecule has 0 spiro atoms. The number of carbonyl (C=O) groups is 1. The molecule has 0 atom stereocenters.